The van der Waals surface area contributed by atoms with Crippen LogP contribution >= 0.6 is 24.0 Å². The SMILES string of the molecule is CCNC(=NCc1ccc(C)cc1)NCC(C)C.I. The molecule has 0 aromatic heterocycles. The van der Waals surface area contributed by atoms with Gasteiger partial charge in [0.15, 0.2) is 5.96 Å². The summed E-state index contributed by atoms with van der Waals surface area (Å²) in [4.78, 5) is 4.58. The van der Waals surface area contributed by atoms with Gasteiger partial charge in [0.05, 0.1) is 6.54 Å². The lowest BCUT2D eigenvalue weighted by atomic mass is 10.1. The minimum atomic E-state index is 0. The Kier molecular flexibility index (Phi) is 9.65. The topological polar surface area (TPSA) is 36.4 Å². The van der Waals surface area contributed by atoms with Crippen LogP contribution in [0.3, 0.4) is 0 Å². The van der Waals surface area contributed by atoms with E-state index in [0.29, 0.717) is 12.5 Å². The lowest BCUT2D eigenvalue weighted by molar-refractivity contribution is 0.615. The van der Waals surface area contributed by atoms with Crippen LogP contribution in [0.15, 0.2) is 29.3 Å². The summed E-state index contributed by atoms with van der Waals surface area (Å²) in [6, 6.07) is 8.51. The fourth-order valence-electron chi connectivity index (χ4n) is 1.51. The number of nitrogens with zero attached hydrogens (tertiary/aromatic N) is 1. The second kappa shape index (κ2) is 10.1. The van der Waals surface area contributed by atoms with E-state index in [1.807, 2.05) is 0 Å². The smallest absolute Gasteiger partial charge is 0.191 e. The minimum absolute atomic E-state index is 0. The molecule has 0 radical (unpaired) electrons. The molecule has 0 fully saturated rings. The van der Waals surface area contributed by atoms with Gasteiger partial charge in [-0.25, -0.2) is 4.99 Å². The molecule has 0 bridgehead atoms. The molecule has 1 aromatic carbocycles. The van der Waals surface area contributed by atoms with Crippen LogP contribution in [-0.4, -0.2) is 19.0 Å². The van der Waals surface area contributed by atoms with E-state index in [1.165, 1.54) is 11.1 Å². The molecule has 0 saturated heterocycles. The van der Waals surface area contributed by atoms with Gasteiger partial charge in [0.25, 0.3) is 0 Å². The van der Waals surface area contributed by atoms with Crippen LogP contribution in [-0.2, 0) is 6.54 Å². The Morgan fingerprint density at radius 1 is 1.16 bits per heavy atom. The molecule has 1 aromatic rings. The van der Waals surface area contributed by atoms with E-state index in [0.717, 1.165) is 19.0 Å². The summed E-state index contributed by atoms with van der Waals surface area (Å²) in [5.74, 6) is 1.51. The van der Waals surface area contributed by atoms with E-state index in [4.69, 9.17) is 0 Å². The van der Waals surface area contributed by atoms with Crippen molar-refractivity contribution in [2.24, 2.45) is 10.9 Å². The van der Waals surface area contributed by atoms with Crippen molar-refractivity contribution in [3.63, 3.8) is 0 Å². The van der Waals surface area contributed by atoms with Gasteiger partial charge >= 0.3 is 0 Å². The van der Waals surface area contributed by atoms with Gasteiger partial charge in [0, 0.05) is 13.1 Å². The molecule has 0 aliphatic heterocycles. The lowest BCUT2D eigenvalue weighted by Crippen LogP contribution is -2.39. The molecule has 0 atom stereocenters. The molecule has 2 N–H and O–H groups in total. The molecular weight excluding hydrogens is 349 g/mol. The number of rotatable bonds is 5. The van der Waals surface area contributed by atoms with Crippen molar-refractivity contribution in [3.8, 4) is 0 Å². The first-order chi connectivity index (χ1) is 8.61. The molecule has 1 rings (SSSR count). The monoisotopic (exact) mass is 375 g/mol. The van der Waals surface area contributed by atoms with Gasteiger partial charge in [0.2, 0.25) is 0 Å². The standard InChI is InChI=1S/C15H25N3.HI/c1-5-16-15(17-10-12(2)3)18-11-14-8-6-13(4)7-9-14;/h6-9,12H,5,10-11H2,1-4H3,(H2,16,17,18);1H. The number of nitrogens with one attached hydrogen (secondary N) is 2. The summed E-state index contributed by atoms with van der Waals surface area (Å²) >= 11 is 0. The molecule has 108 valence electrons. The second-order valence-corrected chi connectivity index (χ2v) is 4.96. The van der Waals surface area contributed by atoms with Crippen LogP contribution in [0.4, 0.5) is 0 Å². The Morgan fingerprint density at radius 3 is 2.32 bits per heavy atom. The average Bonchev–Trinajstić information content (AvgIpc) is 2.34. The van der Waals surface area contributed by atoms with Crippen molar-refractivity contribution in [2.45, 2.75) is 34.2 Å². The zero-order chi connectivity index (χ0) is 13.4. The number of benzene rings is 1. The third-order valence-corrected chi connectivity index (χ3v) is 2.56. The molecule has 0 aliphatic rings. The predicted molar refractivity (Wildman–Crippen MR) is 94.3 cm³/mol. The fraction of sp³-hybridized carbons (Fsp3) is 0.533. The Bertz CT molecular complexity index is 371. The van der Waals surface area contributed by atoms with Gasteiger partial charge in [-0.15, -0.1) is 24.0 Å². The van der Waals surface area contributed by atoms with Crippen LogP contribution in [0.25, 0.3) is 0 Å². The van der Waals surface area contributed by atoms with Gasteiger partial charge in [-0.2, -0.15) is 0 Å². The van der Waals surface area contributed by atoms with E-state index in [-0.39, 0.29) is 24.0 Å². The fourth-order valence-corrected chi connectivity index (χ4v) is 1.51. The Balaban J connectivity index is 0.00000324. The predicted octanol–water partition coefficient (Wildman–Crippen LogP) is 3.32. The van der Waals surface area contributed by atoms with Crippen molar-refractivity contribution in [1.29, 1.82) is 0 Å². The highest BCUT2D eigenvalue weighted by Crippen LogP contribution is 2.04. The number of guanidine groups is 1. The maximum absolute atomic E-state index is 4.58. The van der Waals surface area contributed by atoms with Crippen LogP contribution in [0.2, 0.25) is 0 Å². The maximum atomic E-state index is 4.58. The number of hydrogen-bond donors (Lipinski definition) is 2. The van der Waals surface area contributed by atoms with Gasteiger partial charge in [-0.1, -0.05) is 43.7 Å². The van der Waals surface area contributed by atoms with Crippen LogP contribution in [0, 0.1) is 12.8 Å². The highest BCUT2D eigenvalue weighted by atomic mass is 127. The molecule has 0 amide bonds. The zero-order valence-corrected chi connectivity index (χ0v) is 14.7. The Labute approximate surface area is 134 Å². The third kappa shape index (κ3) is 8.08. The zero-order valence-electron chi connectivity index (χ0n) is 12.4. The van der Waals surface area contributed by atoms with E-state index < -0.39 is 0 Å². The Hall–Kier alpha value is -0.780. The first kappa shape index (κ1) is 18.2. The molecule has 0 saturated carbocycles. The molecule has 0 unspecified atom stereocenters. The van der Waals surface area contributed by atoms with Crippen molar-refractivity contribution < 1.29 is 0 Å². The van der Waals surface area contributed by atoms with Gasteiger partial charge in [-0.05, 0) is 25.3 Å². The highest BCUT2D eigenvalue weighted by Gasteiger charge is 1.99. The third-order valence-electron chi connectivity index (χ3n) is 2.56. The summed E-state index contributed by atoms with van der Waals surface area (Å²) in [6.07, 6.45) is 0. The summed E-state index contributed by atoms with van der Waals surface area (Å²) in [5, 5.41) is 6.60. The molecule has 3 nitrogen and oxygen atoms in total. The van der Waals surface area contributed by atoms with Crippen molar-refractivity contribution >= 4 is 29.9 Å². The summed E-state index contributed by atoms with van der Waals surface area (Å²) < 4.78 is 0. The molecule has 0 spiro atoms. The molecule has 0 aliphatic carbocycles. The van der Waals surface area contributed by atoms with Gasteiger partial charge in [0.1, 0.15) is 0 Å². The average molecular weight is 375 g/mol. The molecular formula is C15H26IN3. The van der Waals surface area contributed by atoms with E-state index in [2.05, 4.69) is 67.6 Å². The summed E-state index contributed by atoms with van der Waals surface area (Å²) in [6.45, 7) is 11.1. The van der Waals surface area contributed by atoms with Crippen LogP contribution in [0.5, 0.6) is 0 Å². The van der Waals surface area contributed by atoms with E-state index in [9.17, 15) is 0 Å². The first-order valence-corrected chi connectivity index (χ1v) is 6.69. The van der Waals surface area contributed by atoms with Crippen molar-refractivity contribution in [1.82, 2.24) is 10.6 Å². The summed E-state index contributed by atoms with van der Waals surface area (Å²) in [7, 11) is 0. The van der Waals surface area contributed by atoms with Gasteiger partial charge < -0.3 is 10.6 Å². The number of halogens is 1. The second-order valence-electron chi connectivity index (χ2n) is 4.96. The van der Waals surface area contributed by atoms with E-state index in [1.54, 1.807) is 0 Å². The first-order valence-electron chi connectivity index (χ1n) is 6.69. The van der Waals surface area contributed by atoms with Crippen molar-refractivity contribution in [3.05, 3.63) is 35.4 Å². The lowest BCUT2D eigenvalue weighted by Gasteiger charge is -2.12. The highest BCUT2D eigenvalue weighted by molar-refractivity contribution is 14.0. The largest absolute Gasteiger partial charge is 0.357 e. The molecule has 4 heteroatoms. The molecule has 0 heterocycles. The van der Waals surface area contributed by atoms with Crippen LogP contribution in [0.1, 0.15) is 31.9 Å². The number of hydrogen-bond acceptors (Lipinski definition) is 1. The maximum Gasteiger partial charge on any atom is 0.191 e. The van der Waals surface area contributed by atoms with Crippen molar-refractivity contribution in [2.75, 3.05) is 13.1 Å². The number of aryl methyl sites for hydroxylation is 1. The van der Waals surface area contributed by atoms with Gasteiger partial charge in [-0.3, -0.25) is 0 Å². The summed E-state index contributed by atoms with van der Waals surface area (Å²) in [5.41, 5.74) is 2.52. The normalized spacial score (nSPS) is 11.1. The quantitative estimate of drug-likeness (QED) is 0.471. The van der Waals surface area contributed by atoms with E-state index >= 15 is 0 Å². The minimum Gasteiger partial charge on any atom is -0.357 e. The molecule has 19 heavy (non-hydrogen) atoms. The van der Waals surface area contributed by atoms with Crippen LogP contribution < -0.4 is 10.6 Å². The Morgan fingerprint density at radius 2 is 1.79 bits per heavy atom. The number of aliphatic imine (C=N–C) groups is 1.